The van der Waals surface area contributed by atoms with Crippen molar-refractivity contribution in [1.29, 1.82) is 0 Å². The number of esters is 1. The Morgan fingerprint density at radius 3 is 2.37 bits per heavy atom. The van der Waals surface area contributed by atoms with Crippen molar-refractivity contribution in [2.75, 3.05) is 20.8 Å². The van der Waals surface area contributed by atoms with Crippen molar-refractivity contribution in [2.45, 2.75) is 26.3 Å². The Morgan fingerprint density at radius 2 is 1.78 bits per heavy atom. The van der Waals surface area contributed by atoms with Crippen molar-refractivity contribution in [2.24, 2.45) is 0 Å². The van der Waals surface area contributed by atoms with Crippen LogP contribution in [-0.2, 0) is 16.0 Å². The van der Waals surface area contributed by atoms with Gasteiger partial charge in [0, 0.05) is 6.07 Å². The van der Waals surface area contributed by atoms with Crippen LogP contribution < -0.4 is 14.8 Å². The highest BCUT2D eigenvalue weighted by atomic mass is 16.5. The molecular formula is C21H25NO5. The number of nitrogens with one attached hydrogen (secondary N) is 1. The average Bonchev–Trinajstić information content (AvgIpc) is 2.71. The number of carbonyl (C=O) groups is 2. The number of amides is 1. The molecule has 0 radical (unpaired) electrons. The second-order valence-corrected chi connectivity index (χ2v) is 6.03. The Bertz CT molecular complexity index is 786. The van der Waals surface area contributed by atoms with E-state index in [1.165, 1.54) is 25.8 Å². The van der Waals surface area contributed by atoms with Gasteiger partial charge in [0.05, 0.1) is 20.3 Å². The lowest BCUT2D eigenvalue weighted by Gasteiger charge is -2.16. The van der Waals surface area contributed by atoms with Gasteiger partial charge in [0.1, 0.15) is 17.1 Å². The first-order valence-electron chi connectivity index (χ1n) is 8.75. The third-order valence-corrected chi connectivity index (χ3v) is 4.22. The number of methoxy groups -OCH3 is 2. The summed E-state index contributed by atoms with van der Waals surface area (Å²) in [4.78, 5) is 24.1. The van der Waals surface area contributed by atoms with Crippen molar-refractivity contribution in [3.8, 4) is 11.5 Å². The summed E-state index contributed by atoms with van der Waals surface area (Å²) in [5.41, 5.74) is 2.49. The first-order valence-corrected chi connectivity index (χ1v) is 8.75. The topological polar surface area (TPSA) is 73.9 Å². The van der Waals surface area contributed by atoms with Gasteiger partial charge < -0.3 is 19.5 Å². The summed E-state index contributed by atoms with van der Waals surface area (Å²) in [5.74, 6) is -0.0862. The van der Waals surface area contributed by atoms with Crippen LogP contribution >= 0.6 is 0 Å². The fourth-order valence-electron chi connectivity index (χ4n) is 2.58. The lowest BCUT2D eigenvalue weighted by Crippen LogP contribution is -2.31. The smallest absolute Gasteiger partial charge is 0.341 e. The summed E-state index contributed by atoms with van der Waals surface area (Å²) in [5, 5.41) is 2.88. The highest BCUT2D eigenvalue weighted by Gasteiger charge is 2.16. The third kappa shape index (κ3) is 5.48. The zero-order valence-corrected chi connectivity index (χ0v) is 16.1. The summed E-state index contributed by atoms with van der Waals surface area (Å²) in [6.45, 7) is 3.78. The molecule has 1 amide bonds. The molecule has 27 heavy (non-hydrogen) atoms. The number of carbonyl (C=O) groups excluding carboxylic acids is 2. The third-order valence-electron chi connectivity index (χ3n) is 4.22. The predicted octanol–water partition coefficient (Wildman–Crippen LogP) is 3.30. The summed E-state index contributed by atoms with van der Waals surface area (Å²) < 4.78 is 15.4. The van der Waals surface area contributed by atoms with E-state index < -0.39 is 5.97 Å². The van der Waals surface area contributed by atoms with E-state index in [9.17, 15) is 9.59 Å². The molecule has 0 fully saturated rings. The van der Waals surface area contributed by atoms with Gasteiger partial charge in [-0.25, -0.2) is 4.79 Å². The maximum atomic E-state index is 12.2. The molecule has 2 aromatic carbocycles. The molecule has 6 heteroatoms. The van der Waals surface area contributed by atoms with Gasteiger partial charge in [-0.15, -0.1) is 0 Å². The molecule has 0 saturated heterocycles. The Hall–Kier alpha value is -3.02. The van der Waals surface area contributed by atoms with Crippen LogP contribution in [0.2, 0.25) is 0 Å². The van der Waals surface area contributed by atoms with Gasteiger partial charge in [0.25, 0.3) is 5.91 Å². The first-order chi connectivity index (χ1) is 13.0. The van der Waals surface area contributed by atoms with E-state index in [2.05, 4.69) is 12.2 Å². The summed E-state index contributed by atoms with van der Waals surface area (Å²) in [7, 11) is 2.80. The van der Waals surface area contributed by atoms with Crippen LogP contribution in [0.15, 0.2) is 42.5 Å². The minimum atomic E-state index is -0.544. The van der Waals surface area contributed by atoms with E-state index in [4.69, 9.17) is 14.2 Å². The summed E-state index contributed by atoms with van der Waals surface area (Å²) in [6, 6.07) is 12.7. The number of hydrogen-bond donors (Lipinski definition) is 1. The molecule has 0 aromatic heterocycles. The van der Waals surface area contributed by atoms with Crippen LogP contribution in [0.3, 0.4) is 0 Å². The number of aryl methyl sites for hydroxylation is 1. The van der Waals surface area contributed by atoms with E-state index in [1.54, 1.807) is 12.1 Å². The molecular weight excluding hydrogens is 346 g/mol. The zero-order chi connectivity index (χ0) is 19.8. The molecule has 0 aliphatic carbocycles. The molecule has 0 spiro atoms. The van der Waals surface area contributed by atoms with Gasteiger partial charge >= 0.3 is 5.97 Å². The van der Waals surface area contributed by atoms with Crippen LogP contribution in [0.5, 0.6) is 11.5 Å². The van der Waals surface area contributed by atoms with Crippen LogP contribution in [-0.4, -0.2) is 32.7 Å². The molecule has 2 aromatic rings. The van der Waals surface area contributed by atoms with E-state index in [0.29, 0.717) is 5.75 Å². The van der Waals surface area contributed by atoms with Gasteiger partial charge in [0.15, 0.2) is 6.61 Å². The second-order valence-electron chi connectivity index (χ2n) is 6.03. The normalized spacial score (nSPS) is 11.4. The Morgan fingerprint density at radius 1 is 1.07 bits per heavy atom. The number of ether oxygens (including phenoxy) is 3. The molecule has 0 aliphatic rings. The molecule has 144 valence electrons. The second kappa shape index (κ2) is 9.62. The fraction of sp³-hybridized carbons (Fsp3) is 0.333. The molecule has 0 heterocycles. The van der Waals surface area contributed by atoms with Crippen molar-refractivity contribution < 1.29 is 23.8 Å². The van der Waals surface area contributed by atoms with Crippen LogP contribution in [0.1, 0.15) is 41.4 Å². The largest absolute Gasteiger partial charge is 0.497 e. The van der Waals surface area contributed by atoms with Gasteiger partial charge in [-0.2, -0.15) is 0 Å². The monoisotopic (exact) mass is 371 g/mol. The average molecular weight is 371 g/mol. The Labute approximate surface area is 159 Å². The maximum Gasteiger partial charge on any atom is 0.341 e. The van der Waals surface area contributed by atoms with Crippen molar-refractivity contribution in [1.82, 2.24) is 5.32 Å². The molecule has 0 saturated carbocycles. The van der Waals surface area contributed by atoms with Crippen LogP contribution in [0.4, 0.5) is 0 Å². The molecule has 1 N–H and O–H groups in total. The van der Waals surface area contributed by atoms with Crippen molar-refractivity contribution in [3.05, 3.63) is 59.2 Å². The summed E-state index contributed by atoms with van der Waals surface area (Å²) in [6.07, 6.45) is 0.970. The number of benzene rings is 2. The minimum Gasteiger partial charge on any atom is -0.497 e. The van der Waals surface area contributed by atoms with Crippen LogP contribution in [0.25, 0.3) is 0 Å². The van der Waals surface area contributed by atoms with Gasteiger partial charge in [-0.3, -0.25) is 4.79 Å². The standard InChI is InChI=1S/C21H25NO5/c1-5-15-6-8-16(9-7-15)14(2)22-20(23)13-27-19-12-17(25-3)10-11-18(19)21(24)26-4/h6-12,14H,5,13H2,1-4H3,(H,22,23)/t14-/m1/s1. The SMILES string of the molecule is CCc1ccc([C@@H](C)NC(=O)COc2cc(OC)ccc2C(=O)OC)cc1. The van der Waals surface area contributed by atoms with E-state index >= 15 is 0 Å². The number of rotatable bonds is 8. The molecule has 1 atom stereocenters. The van der Waals surface area contributed by atoms with Crippen molar-refractivity contribution >= 4 is 11.9 Å². The highest BCUT2D eigenvalue weighted by Crippen LogP contribution is 2.25. The van der Waals surface area contributed by atoms with E-state index in [0.717, 1.165) is 12.0 Å². The maximum absolute atomic E-state index is 12.2. The van der Waals surface area contributed by atoms with Crippen molar-refractivity contribution in [3.63, 3.8) is 0 Å². The molecule has 0 aliphatic heterocycles. The molecule has 6 nitrogen and oxygen atoms in total. The van der Waals surface area contributed by atoms with Gasteiger partial charge in [0.2, 0.25) is 0 Å². The summed E-state index contributed by atoms with van der Waals surface area (Å²) >= 11 is 0. The fourth-order valence-corrected chi connectivity index (χ4v) is 2.58. The minimum absolute atomic E-state index is 0.155. The van der Waals surface area contributed by atoms with E-state index in [-0.39, 0.29) is 29.9 Å². The predicted molar refractivity (Wildman–Crippen MR) is 102 cm³/mol. The van der Waals surface area contributed by atoms with E-state index in [1.807, 2.05) is 31.2 Å². The van der Waals surface area contributed by atoms with Gasteiger partial charge in [-0.1, -0.05) is 31.2 Å². The lowest BCUT2D eigenvalue weighted by atomic mass is 10.1. The first kappa shape index (κ1) is 20.3. The highest BCUT2D eigenvalue weighted by molar-refractivity contribution is 5.92. The zero-order valence-electron chi connectivity index (χ0n) is 16.1. The van der Waals surface area contributed by atoms with Gasteiger partial charge in [-0.05, 0) is 36.6 Å². The molecule has 0 bridgehead atoms. The molecule has 0 unspecified atom stereocenters. The number of hydrogen-bond acceptors (Lipinski definition) is 5. The molecule has 2 rings (SSSR count). The Kier molecular flexibility index (Phi) is 7.23. The Balaban J connectivity index is 2.00. The quantitative estimate of drug-likeness (QED) is 0.721. The lowest BCUT2D eigenvalue weighted by molar-refractivity contribution is -0.123. The van der Waals surface area contributed by atoms with Crippen LogP contribution in [0, 0.1) is 0 Å².